The van der Waals surface area contributed by atoms with Gasteiger partial charge in [0.1, 0.15) is 17.3 Å². The fourth-order valence-electron chi connectivity index (χ4n) is 3.35. The summed E-state index contributed by atoms with van der Waals surface area (Å²) in [6.45, 7) is 4.18. The SMILES string of the molecule is CCCc1ccc(Oc2ccc(=O)[nH]c2)c(O)c1.CCCc1ccc(Oc2ccc(N)nc2)c(O)c1. The Morgan fingerprint density at radius 1 is 0.806 bits per heavy atom. The van der Waals surface area contributed by atoms with Crippen molar-refractivity contribution in [1.29, 1.82) is 0 Å². The number of phenols is 2. The number of hydrogen-bond donors (Lipinski definition) is 4. The molecule has 8 heteroatoms. The highest BCUT2D eigenvalue weighted by Crippen LogP contribution is 2.32. The molecule has 4 aromatic rings. The van der Waals surface area contributed by atoms with E-state index in [-0.39, 0.29) is 17.1 Å². The van der Waals surface area contributed by atoms with Crippen LogP contribution in [0.2, 0.25) is 0 Å². The molecule has 2 heterocycles. The van der Waals surface area contributed by atoms with Crippen molar-refractivity contribution in [2.75, 3.05) is 5.73 Å². The summed E-state index contributed by atoms with van der Waals surface area (Å²) in [6, 6.07) is 17.1. The minimum Gasteiger partial charge on any atom is -0.504 e. The number of aromatic nitrogens is 2. The Morgan fingerprint density at radius 2 is 1.36 bits per heavy atom. The molecule has 0 aliphatic carbocycles. The van der Waals surface area contributed by atoms with Gasteiger partial charge in [-0.1, -0.05) is 38.8 Å². The van der Waals surface area contributed by atoms with Gasteiger partial charge in [-0.3, -0.25) is 4.79 Å². The molecule has 0 unspecified atom stereocenters. The number of aryl methyl sites for hydroxylation is 2. The van der Waals surface area contributed by atoms with E-state index in [1.54, 1.807) is 42.5 Å². The Balaban J connectivity index is 0.000000201. The number of aromatic hydroxyl groups is 2. The van der Waals surface area contributed by atoms with Crippen LogP contribution in [-0.4, -0.2) is 20.2 Å². The number of ether oxygens (including phenoxy) is 2. The van der Waals surface area contributed by atoms with Crippen molar-refractivity contribution in [1.82, 2.24) is 9.97 Å². The van der Waals surface area contributed by atoms with Gasteiger partial charge in [0.05, 0.1) is 6.20 Å². The molecular weight excluding hydrogens is 458 g/mol. The molecule has 4 rings (SSSR count). The van der Waals surface area contributed by atoms with Crippen molar-refractivity contribution in [3.63, 3.8) is 0 Å². The lowest BCUT2D eigenvalue weighted by Crippen LogP contribution is -2.01. The molecule has 0 amide bonds. The van der Waals surface area contributed by atoms with Gasteiger partial charge in [0, 0.05) is 12.3 Å². The number of aromatic amines is 1. The third kappa shape index (κ3) is 7.80. The maximum atomic E-state index is 10.9. The number of nitrogens with one attached hydrogen (secondary N) is 1. The molecule has 0 radical (unpaired) electrons. The number of phenolic OH excluding ortho intramolecular Hbond substituents is 2. The summed E-state index contributed by atoms with van der Waals surface area (Å²) in [5.41, 5.74) is 7.47. The van der Waals surface area contributed by atoms with Crippen LogP contribution in [0.5, 0.6) is 34.5 Å². The van der Waals surface area contributed by atoms with Gasteiger partial charge >= 0.3 is 0 Å². The Kier molecular flexibility index (Phi) is 9.33. The number of nitrogen functional groups attached to an aromatic ring is 1. The number of H-pyrrole nitrogens is 1. The maximum Gasteiger partial charge on any atom is 0.248 e. The molecule has 0 atom stereocenters. The number of benzene rings is 2. The van der Waals surface area contributed by atoms with Gasteiger partial charge in [-0.05, 0) is 66.4 Å². The van der Waals surface area contributed by atoms with Gasteiger partial charge < -0.3 is 30.4 Å². The summed E-state index contributed by atoms with van der Waals surface area (Å²) in [7, 11) is 0. The van der Waals surface area contributed by atoms with Crippen LogP contribution in [0.15, 0.2) is 77.9 Å². The van der Waals surface area contributed by atoms with Crippen molar-refractivity contribution in [2.24, 2.45) is 0 Å². The zero-order valence-electron chi connectivity index (χ0n) is 20.4. The van der Waals surface area contributed by atoms with E-state index in [0.717, 1.165) is 36.8 Å². The van der Waals surface area contributed by atoms with Crippen molar-refractivity contribution in [2.45, 2.75) is 39.5 Å². The van der Waals surface area contributed by atoms with E-state index in [1.165, 1.54) is 18.5 Å². The Labute approximate surface area is 210 Å². The second kappa shape index (κ2) is 12.9. The number of nitrogens with zero attached hydrogens (tertiary/aromatic N) is 1. The average molecular weight is 490 g/mol. The van der Waals surface area contributed by atoms with Crippen molar-refractivity contribution in [3.8, 4) is 34.5 Å². The highest BCUT2D eigenvalue weighted by atomic mass is 16.5. The zero-order valence-corrected chi connectivity index (χ0v) is 20.4. The van der Waals surface area contributed by atoms with E-state index in [4.69, 9.17) is 15.2 Å². The monoisotopic (exact) mass is 489 g/mol. The van der Waals surface area contributed by atoms with Crippen LogP contribution >= 0.6 is 0 Å². The van der Waals surface area contributed by atoms with Crippen LogP contribution in [0.1, 0.15) is 37.8 Å². The van der Waals surface area contributed by atoms with Gasteiger partial charge in [-0.15, -0.1) is 0 Å². The lowest BCUT2D eigenvalue weighted by molar-refractivity contribution is 0.409. The lowest BCUT2D eigenvalue weighted by atomic mass is 10.1. The number of nitrogens with two attached hydrogens (primary N) is 1. The van der Waals surface area contributed by atoms with Crippen LogP contribution in [-0.2, 0) is 12.8 Å². The van der Waals surface area contributed by atoms with E-state index in [1.807, 2.05) is 12.1 Å². The first-order valence-corrected chi connectivity index (χ1v) is 11.8. The quantitative estimate of drug-likeness (QED) is 0.241. The molecule has 5 N–H and O–H groups in total. The molecule has 188 valence electrons. The number of pyridine rings is 2. The molecule has 0 spiro atoms. The topological polar surface area (TPSA) is 131 Å². The summed E-state index contributed by atoms with van der Waals surface area (Å²) in [5.74, 6) is 2.49. The zero-order chi connectivity index (χ0) is 25.9. The Morgan fingerprint density at radius 3 is 1.81 bits per heavy atom. The van der Waals surface area contributed by atoms with Gasteiger partial charge in [0.25, 0.3) is 0 Å². The lowest BCUT2D eigenvalue weighted by Gasteiger charge is -2.08. The molecule has 0 saturated heterocycles. The molecule has 0 bridgehead atoms. The summed E-state index contributed by atoms with van der Waals surface area (Å²) < 4.78 is 11.0. The normalized spacial score (nSPS) is 10.3. The second-order valence-electron chi connectivity index (χ2n) is 8.12. The first-order valence-electron chi connectivity index (χ1n) is 11.8. The van der Waals surface area contributed by atoms with Gasteiger partial charge in [-0.2, -0.15) is 0 Å². The van der Waals surface area contributed by atoms with Crippen LogP contribution in [0, 0.1) is 0 Å². The van der Waals surface area contributed by atoms with E-state index >= 15 is 0 Å². The number of hydrogen-bond acceptors (Lipinski definition) is 7. The average Bonchev–Trinajstić information content (AvgIpc) is 2.86. The summed E-state index contributed by atoms with van der Waals surface area (Å²) >= 11 is 0. The van der Waals surface area contributed by atoms with E-state index in [2.05, 4.69) is 23.8 Å². The van der Waals surface area contributed by atoms with Gasteiger partial charge in [-0.25, -0.2) is 4.98 Å². The van der Waals surface area contributed by atoms with Gasteiger partial charge in [0.2, 0.25) is 5.56 Å². The summed E-state index contributed by atoms with van der Waals surface area (Å²) in [5, 5.41) is 19.7. The number of rotatable bonds is 8. The Hall–Kier alpha value is -4.46. The van der Waals surface area contributed by atoms with E-state index < -0.39 is 0 Å². The minimum atomic E-state index is -0.190. The van der Waals surface area contributed by atoms with Crippen LogP contribution in [0.4, 0.5) is 5.82 Å². The summed E-state index contributed by atoms with van der Waals surface area (Å²) in [6.07, 6.45) is 6.92. The van der Waals surface area contributed by atoms with E-state index in [0.29, 0.717) is 28.8 Å². The first kappa shape index (κ1) is 26.2. The third-order valence-electron chi connectivity index (χ3n) is 5.09. The fraction of sp³-hybridized carbons (Fsp3) is 0.214. The fourth-order valence-corrected chi connectivity index (χ4v) is 3.35. The van der Waals surface area contributed by atoms with Crippen molar-refractivity contribution < 1.29 is 19.7 Å². The molecule has 2 aromatic heterocycles. The standard InChI is InChI=1S/C14H16N2O2.C14H15NO3/c1-2-3-10-4-6-13(12(17)8-10)18-11-5-7-14(15)16-9-11;1-2-3-10-4-6-13(12(16)8-10)18-11-5-7-14(17)15-9-11/h4-9,17H,2-3H2,1H3,(H2,15,16);4-9,16H,2-3H2,1H3,(H,15,17). The molecule has 2 aromatic carbocycles. The highest BCUT2D eigenvalue weighted by Gasteiger charge is 2.06. The molecule has 0 saturated carbocycles. The van der Waals surface area contributed by atoms with Crippen molar-refractivity contribution >= 4 is 5.82 Å². The van der Waals surface area contributed by atoms with Crippen LogP contribution < -0.4 is 20.8 Å². The minimum absolute atomic E-state index is 0.104. The maximum absolute atomic E-state index is 10.9. The van der Waals surface area contributed by atoms with Crippen LogP contribution in [0.25, 0.3) is 0 Å². The Bertz CT molecular complexity index is 1300. The largest absolute Gasteiger partial charge is 0.504 e. The highest BCUT2D eigenvalue weighted by molar-refractivity contribution is 5.45. The molecule has 36 heavy (non-hydrogen) atoms. The predicted octanol–water partition coefficient (Wildman–Crippen LogP) is 5.94. The summed E-state index contributed by atoms with van der Waals surface area (Å²) in [4.78, 5) is 17.3. The van der Waals surface area contributed by atoms with Crippen LogP contribution in [0.3, 0.4) is 0 Å². The third-order valence-corrected chi connectivity index (χ3v) is 5.09. The van der Waals surface area contributed by atoms with E-state index in [9.17, 15) is 15.0 Å². The molecule has 0 aliphatic heterocycles. The number of anilines is 1. The molecule has 0 fully saturated rings. The van der Waals surface area contributed by atoms with Gasteiger partial charge in [0.15, 0.2) is 23.0 Å². The second-order valence-corrected chi connectivity index (χ2v) is 8.12. The molecule has 0 aliphatic rings. The first-order chi connectivity index (χ1) is 17.4. The molecule has 8 nitrogen and oxygen atoms in total. The smallest absolute Gasteiger partial charge is 0.248 e. The van der Waals surface area contributed by atoms with Crippen molar-refractivity contribution in [3.05, 3.63) is 94.5 Å². The molecular formula is C28H31N3O5. The predicted molar refractivity (Wildman–Crippen MR) is 140 cm³/mol.